The maximum atomic E-state index is 6.53. The van der Waals surface area contributed by atoms with E-state index in [1.807, 2.05) is 0 Å². The Morgan fingerprint density at radius 1 is 0.842 bits per heavy atom. The molecule has 1 heteroatoms. The van der Waals surface area contributed by atoms with Crippen LogP contribution in [0.1, 0.15) is 24.4 Å². The van der Waals surface area contributed by atoms with Gasteiger partial charge in [-0.3, -0.25) is 0 Å². The van der Waals surface area contributed by atoms with Crippen LogP contribution < -0.4 is 5.73 Å². The van der Waals surface area contributed by atoms with Gasteiger partial charge in [0.2, 0.25) is 0 Å². The standard InChI is InChI=1S/C18H17N/c19-18(12-9-10-12)17-15-7-3-1-5-13(15)11-14-6-2-4-8-16(14)17/h1-8,11-12,18H,9-10,19H2/t18-/m0/s1. The minimum absolute atomic E-state index is 0.177. The van der Waals surface area contributed by atoms with Gasteiger partial charge in [-0.25, -0.2) is 0 Å². The molecule has 1 atom stereocenters. The van der Waals surface area contributed by atoms with Crippen molar-refractivity contribution >= 4 is 21.5 Å². The Hall–Kier alpha value is -1.86. The van der Waals surface area contributed by atoms with Gasteiger partial charge < -0.3 is 5.73 Å². The zero-order chi connectivity index (χ0) is 12.8. The van der Waals surface area contributed by atoms with Crippen molar-refractivity contribution in [3.05, 3.63) is 60.2 Å². The monoisotopic (exact) mass is 247 g/mol. The summed E-state index contributed by atoms with van der Waals surface area (Å²) in [5.74, 6) is 0.675. The van der Waals surface area contributed by atoms with Gasteiger partial charge in [0.05, 0.1) is 0 Å². The summed E-state index contributed by atoms with van der Waals surface area (Å²) in [4.78, 5) is 0. The predicted molar refractivity (Wildman–Crippen MR) is 81.1 cm³/mol. The van der Waals surface area contributed by atoms with Crippen LogP contribution in [0.15, 0.2) is 54.6 Å². The Morgan fingerprint density at radius 3 is 1.89 bits per heavy atom. The average molecular weight is 247 g/mol. The highest BCUT2D eigenvalue weighted by Gasteiger charge is 2.31. The van der Waals surface area contributed by atoms with E-state index >= 15 is 0 Å². The van der Waals surface area contributed by atoms with Gasteiger partial charge in [0.25, 0.3) is 0 Å². The molecule has 1 nitrogen and oxygen atoms in total. The summed E-state index contributed by atoms with van der Waals surface area (Å²) in [5.41, 5.74) is 7.88. The minimum Gasteiger partial charge on any atom is -0.324 e. The van der Waals surface area contributed by atoms with Gasteiger partial charge in [-0.15, -0.1) is 0 Å². The average Bonchev–Trinajstić information content (AvgIpc) is 3.28. The van der Waals surface area contributed by atoms with Crippen molar-refractivity contribution in [1.82, 2.24) is 0 Å². The van der Waals surface area contributed by atoms with Crippen LogP contribution in [0.3, 0.4) is 0 Å². The second kappa shape index (κ2) is 4.07. The van der Waals surface area contributed by atoms with Crippen molar-refractivity contribution in [2.45, 2.75) is 18.9 Å². The molecular formula is C18H17N. The Balaban J connectivity index is 2.12. The Kier molecular flexibility index (Phi) is 2.36. The molecule has 0 spiro atoms. The molecule has 0 amide bonds. The molecule has 1 saturated carbocycles. The molecule has 94 valence electrons. The second-order valence-corrected chi connectivity index (χ2v) is 5.60. The topological polar surface area (TPSA) is 26.0 Å². The number of fused-ring (bicyclic) bond motifs is 2. The SMILES string of the molecule is N[C@H](c1c2ccccc2cc2ccccc12)C1CC1. The van der Waals surface area contributed by atoms with Crippen LogP contribution in [0.25, 0.3) is 21.5 Å². The smallest absolute Gasteiger partial charge is 0.0335 e. The number of nitrogens with two attached hydrogens (primary N) is 1. The van der Waals surface area contributed by atoms with E-state index in [2.05, 4.69) is 54.6 Å². The summed E-state index contributed by atoms with van der Waals surface area (Å²) >= 11 is 0. The molecule has 1 aliphatic rings. The normalized spacial score (nSPS) is 16.9. The Morgan fingerprint density at radius 2 is 1.37 bits per heavy atom. The van der Waals surface area contributed by atoms with Gasteiger partial charge in [-0.1, -0.05) is 48.5 Å². The molecule has 4 rings (SSSR count). The zero-order valence-corrected chi connectivity index (χ0v) is 10.8. The zero-order valence-electron chi connectivity index (χ0n) is 10.8. The molecule has 0 heterocycles. The molecule has 3 aromatic rings. The molecule has 19 heavy (non-hydrogen) atoms. The summed E-state index contributed by atoms with van der Waals surface area (Å²) in [6.07, 6.45) is 2.55. The Labute approximate surface area is 113 Å². The molecule has 3 aromatic carbocycles. The fraction of sp³-hybridized carbons (Fsp3) is 0.222. The van der Waals surface area contributed by atoms with Crippen LogP contribution in [0.4, 0.5) is 0 Å². The predicted octanol–water partition coefficient (Wildman–Crippen LogP) is 4.40. The third kappa shape index (κ3) is 1.73. The van der Waals surface area contributed by atoms with E-state index in [0.29, 0.717) is 5.92 Å². The summed E-state index contributed by atoms with van der Waals surface area (Å²) in [7, 11) is 0. The van der Waals surface area contributed by atoms with E-state index in [0.717, 1.165) is 0 Å². The molecule has 0 saturated heterocycles. The quantitative estimate of drug-likeness (QED) is 0.667. The summed E-state index contributed by atoms with van der Waals surface area (Å²) in [5, 5.41) is 5.24. The number of hydrogen-bond acceptors (Lipinski definition) is 1. The molecule has 0 unspecified atom stereocenters. The van der Waals surface area contributed by atoms with Crippen LogP contribution >= 0.6 is 0 Å². The van der Waals surface area contributed by atoms with Gasteiger partial charge in [0.1, 0.15) is 0 Å². The summed E-state index contributed by atoms with van der Waals surface area (Å²) in [6, 6.07) is 19.7. The summed E-state index contributed by atoms with van der Waals surface area (Å²) < 4.78 is 0. The first-order valence-electron chi connectivity index (χ1n) is 7.00. The lowest BCUT2D eigenvalue weighted by Crippen LogP contribution is -2.13. The lowest BCUT2D eigenvalue weighted by atomic mass is 9.91. The van der Waals surface area contributed by atoms with Crippen molar-refractivity contribution in [2.24, 2.45) is 11.7 Å². The lowest BCUT2D eigenvalue weighted by Gasteiger charge is -2.17. The van der Waals surface area contributed by atoms with Gasteiger partial charge in [-0.2, -0.15) is 0 Å². The molecule has 1 fully saturated rings. The first-order chi connectivity index (χ1) is 9.34. The largest absolute Gasteiger partial charge is 0.324 e. The van der Waals surface area contributed by atoms with Gasteiger partial charge >= 0.3 is 0 Å². The van der Waals surface area contributed by atoms with Crippen LogP contribution in [-0.2, 0) is 0 Å². The lowest BCUT2D eigenvalue weighted by molar-refractivity contribution is 0.642. The highest BCUT2D eigenvalue weighted by Crippen LogP contribution is 2.43. The molecular weight excluding hydrogens is 230 g/mol. The van der Waals surface area contributed by atoms with Crippen LogP contribution in [0.2, 0.25) is 0 Å². The van der Waals surface area contributed by atoms with Gasteiger partial charge in [-0.05, 0) is 51.9 Å². The third-order valence-corrected chi connectivity index (χ3v) is 4.28. The van der Waals surface area contributed by atoms with Crippen molar-refractivity contribution in [3.8, 4) is 0 Å². The van der Waals surface area contributed by atoms with Crippen molar-refractivity contribution in [3.63, 3.8) is 0 Å². The fourth-order valence-corrected chi connectivity index (χ4v) is 3.10. The second-order valence-electron chi connectivity index (χ2n) is 5.60. The van der Waals surface area contributed by atoms with Crippen molar-refractivity contribution < 1.29 is 0 Å². The van der Waals surface area contributed by atoms with E-state index < -0.39 is 0 Å². The van der Waals surface area contributed by atoms with Crippen LogP contribution in [-0.4, -0.2) is 0 Å². The maximum absolute atomic E-state index is 6.53. The van der Waals surface area contributed by atoms with E-state index in [-0.39, 0.29) is 6.04 Å². The van der Waals surface area contributed by atoms with Crippen LogP contribution in [0.5, 0.6) is 0 Å². The fourth-order valence-electron chi connectivity index (χ4n) is 3.10. The molecule has 2 N–H and O–H groups in total. The van der Waals surface area contributed by atoms with E-state index in [4.69, 9.17) is 5.73 Å². The minimum atomic E-state index is 0.177. The van der Waals surface area contributed by atoms with Crippen molar-refractivity contribution in [2.75, 3.05) is 0 Å². The first-order valence-corrected chi connectivity index (χ1v) is 7.00. The van der Waals surface area contributed by atoms with E-state index in [1.165, 1.54) is 39.9 Å². The number of rotatable bonds is 2. The van der Waals surface area contributed by atoms with E-state index in [1.54, 1.807) is 0 Å². The Bertz CT molecular complexity index is 702. The highest BCUT2D eigenvalue weighted by molar-refractivity contribution is 6.02. The molecule has 0 aliphatic heterocycles. The third-order valence-electron chi connectivity index (χ3n) is 4.28. The van der Waals surface area contributed by atoms with Crippen molar-refractivity contribution in [1.29, 1.82) is 0 Å². The van der Waals surface area contributed by atoms with Gasteiger partial charge in [0, 0.05) is 6.04 Å². The van der Waals surface area contributed by atoms with E-state index in [9.17, 15) is 0 Å². The molecule has 1 aliphatic carbocycles. The van der Waals surface area contributed by atoms with Crippen LogP contribution in [0, 0.1) is 5.92 Å². The molecule has 0 bridgehead atoms. The first kappa shape index (κ1) is 11.0. The number of hydrogen-bond donors (Lipinski definition) is 1. The summed E-state index contributed by atoms with van der Waals surface area (Å²) in [6.45, 7) is 0. The maximum Gasteiger partial charge on any atom is 0.0335 e. The molecule has 0 aromatic heterocycles. The van der Waals surface area contributed by atoms with Gasteiger partial charge in [0.15, 0.2) is 0 Å². The highest BCUT2D eigenvalue weighted by atomic mass is 14.7. The molecule has 0 radical (unpaired) electrons. The number of benzene rings is 3.